The molecule has 1 aromatic heterocycles. The molecule has 0 amide bonds. The molecule has 4 rings (SSSR count). The third-order valence-electron chi connectivity index (χ3n) is 4.04. The second-order valence-corrected chi connectivity index (χ2v) is 5.31. The van der Waals surface area contributed by atoms with Gasteiger partial charge >= 0.3 is 0 Å². The van der Waals surface area contributed by atoms with E-state index in [4.69, 9.17) is 10.3 Å². The molecule has 0 bridgehead atoms. The van der Waals surface area contributed by atoms with Crippen molar-refractivity contribution in [3.8, 4) is 11.5 Å². The lowest BCUT2D eigenvalue weighted by molar-refractivity contribution is 0.416. The van der Waals surface area contributed by atoms with E-state index in [1.165, 1.54) is 11.1 Å². The molecule has 1 atom stereocenters. The molecular formula is C17H15N3O. The Labute approximate surface area is 122 Å². The van der Waals surface area contributed by atoms with Crippen molar-refractivity contribution in [2.45, 2.75) is 18.9 Å². The number of benzene rings is 2. The van der Waals surface area contributed by atoms with Gasteiger partial charge in [-0.25, -0.2) is 0 Å². The van der Waals surface area contributed by atoms with Crippen LogP contribution in [-0.2, 0) is 13.0 Å². The summed E-state index contributed by atoms with van der Waals surface area (Å²) < 4.78 is 5.40. The first-order valence-electron chi connectivity index (χ1n) is 7.06. The number of nitrogens with zero attached hydrogens (tertiary/aromatic N) is 2. The highest BCUT2D eigenvalue weighted by atomic mass is 16.5. The fourth-order valence-corrected chi connectivity index (χ4v) is 2.77. The van der Waals surface area contributed by atoms with Crippen molar-refractivity contribution in [1.29, 1.82) is 0 Å². The summed E-state index contributed by atoms with van der Waals surface area (Å²) in [5.41, 5.74) is 10.3. The molecule has 1 aliphatic rings. The number of hydrogen-bond donors (Lipinski definition) is 1. The highest BCUT2D eigenvalue weighted by Gasteiger charge is 2.31. The molecule has 3 aromatic rings. The number of hydrogen-bond acceptors (Lipinski definition) is 4. The van der Waals surface area contributed by atoms with Gasteiger partial charge in [0.15, 0.2) is 5.82 Å². The van der Waals surface area contributed by atoms with Crippen LogP contribution in [0.1, 0.15) is 28.4 Å². The van der Waals surface area contributed by atoms with Gasteiger partial charge in [0, 0.05) is 12.1 Å². The Bertz CT molecular complexity index is 777. The summed E-state index contributed by atoms with van der Waals surface area (Å²) in [7, 11) is 0. The summed E-state index contributed by atoms with van der Waals surface area (Å²) in [4.78, 5) is 4.55. The van der Waals surface area contributed by atoms with E-state index in [0.717, 1.165) is 23.4 Å². The third-order valence-corrected chi connectivity index (χ3v) is 4.04. The monoisotopic (exact) mass is 277 g/mol. The van der Waals surface area contributed by atoms with Crippen LogP contribution < -0.4 is 5.73 Å². The quantitative estimate of drug-likeness (QED) is 0.799. The van der Waals surface area contributed by atoms with Crippen molar-refractivity contribution in [2.75, 3.05) is 0 Å². The van der Waals surface area contributed by atoms with E-state index in [2.05, 4.69) is 34.4 Å². The molecule has 4 nitrogen and oxygen atoms in total. The summed E-state index contributed by atoms with van der Waals surface area (Å²) >= 11 is 0. The summed E-state index contributed by atoms with van der Waals surface area (Å²) in [6, 6.07) is 16.3. The molecule has 0 aliphatic heterocycles. The molecule has 0 radical (unpaired) electrons. The topological polar surface area (TPSA) is 64.9 Å². The SMILES string of the molecule is NCc1ccc(-c2nc(C3Cc4ccccc43)no2)cc1. The fourth-order valence-electron chi connectivity index (χ4n) is 2.77. The van der Waals surface area contributed by atoms with E-state index in [9.17, 15) is 0 Å². The summed E-state index contributed by atoms with van der Waals surface area (Å²) in [6.45, 7) is 0.536. The Morgan fingerprint density at radius 2 is 1.90 bits per heavy atom. The van der Waals surface area contributed by atoms with Gasteiger partial charge in [0.1, 0.15) is 0 Å². The van der Waals surface area contributed by atoms with E-state index in [1.807, 2.05) is 24.3 Å². The molecule has 2 N–H and O–H groups in total. The minimum Gasteiger partial charge on any atom is -0.334 e. The minimum absolute atomic E-state index is 0.266. The van der Waals surface area contributed by atoms with Crippen LogP contribution >= 0.6 is 0 Å². The number of aromatic nitrogens is 2. The van der Waals surface area contributed by atoms with Gasteiger partial charge < -0.3 is 10.3 Å². The Kier molecular flexibility index (Phi) is 2.82. The van der Waals surface area contributed by atoms with E-state index in [0.29, 0.717) is 12.4 Å². The Morgan fingerprint density at radius 3 is 2.67 bits per heavy atom. The van der Waals surface area contributed by atoms with Gasteiger partial charge in [0.2, 0.25) is 0 Å². The van der Waals surface area contributed by atoms with Crippen LogP contribution in [0, 0.1) is 0 Å². The predicted molar refractivity (Wildman–Crippen MR) is 79.6 cm³/mol. The first kappa shape index (κ1) is 12.3. The summed E-state index contributed by atoms with van der Waals surface area (Å²) in [5, 5.41) is 4.15. The normalized spacial score (nSPS) is 16.3. The zero-order valence-corrected chi connectivity index (χ0v) is 11.5. The van der Waals surface area contributed by atoms with Crippen molar-refractivity contribution in [1.82, 2.24) is 10.1 Å². The van der Waals surface area contributed by atoms with Crippen LogP contribution in [-0.4, -0.2) is 10.1 Å². The standard InChI is InChI=1S/C17H15N3O/c18-10-11-5-7-12(8-6-11)17-19-16(20-21-17)15-9-13-3-1-2-4-14(13)15/h1-8,15H,9-10,18H2. The maximum absolute atomic E-state index is 5.60. The van der Waals surface area contributed by atoms with Crippen molar-refractivity contribution >= 4 is 0 Å². The highest BCUT2D eigenvalue weighted by molar-refractivity contribution is 5.54. The van der Waals surface area contributed by atoms with Gasteiger partial charge in [-0.15, -0.1) is 0 Å². The van der Waals surface area contributed by atoms with Crippen LogP contribution in [0.5, 0.6) is 0 Å². The van der Waals surface area contributed by atoms with E-state index in [1.54, 1.807) is 0 Å². The molecule has 21 heavy (non-hydrogen) atoms. The first-order chi connectivity index (χ1) is 10.3. The maximum atomic E-state index is 5.60. The largest absolute Gasteiger partial charge is 0.334 e. The highest BCUT2D eigenvalue weighted by Crippen LogP contribution is 2.39. The molecule has 1 unspecified atom stereocenters. The fraction of sp³-hybridized carbons (Fsp3) is 0.176. The van der Waals surface area contributed by atoms with Crippen LogP contribution in [0.3, 0.4) is 0 Å². The molecule has 104 valence electrons. The van der Waals surface area contributed by atoms with Crippen molar-refractivity contribution in [3.63, 3.8) is 0 Å². The molecule has 0 fully saturated rings. The Balaban J connectivity index is 1.62. The first-order valence-corrected chi connectivity index (χ1v) is 7.06. The molecule has 4 heteroatoms. The van der Waals surface area contributed by atoms with Crippen molar-refractivity contribution < 1.29 is 4.52 Å². The second-order valence-electron chi connectivity index (χ2n) is 5.31. The molecule has 1 aliphatic carbocycles. The summed E-state index contributed by atoms with van der Waals surface area (Å²) in [6.07, 6.45) is 0.987. The lowest BCUT2D eigenvalue weighted by Gasteiger charge is -2.27. The number of fused-ring (bicyclic) bond motifs is 1. The zero-order chi connectivity index (χ0) is 14.2. The van der Waals surface area contributed by atoms with E-state index < -0.39 is 0 Å². The summed E-state index contributed by atoms with van der Waals surface area (Å²) in [5.74, 6) is 1.60. The lowest BCUT2D eigenvalue weighted by atomic mass is 9.77. The van der Waals surface area contributed by atoms with E-state index in [-0.39, 0.29) is 5.92 Å². The molecule has 0 saturated carbocycles. The predicted octanol–water partition coefficient (Wildman–Crippen LogP) is 2.88. The minimum atomic E-state index is 0.266. The zero-order valence-electron chi connectivity index (χ0n) is 11.5. The van der Waals surface area contributed by atoms with Gasteiger partial charge in [0.25, 0.3) is 5.89 Å². The van der Waals surface area contributed by atoms with Gasteiger partial charge in [-0.2, -0.15) is 4.98 Å². The van der Waals surface area contributed by atoms with Crippen molar-refractivity contribution in [3.05, 3.63) is 71.0 Å². The lowest BCUT2D eigenvalue weighted by Crippen LogP contribution is -2.19. The average Bonchev–Trinajstić information content (AvgIpc) is 2.98. The molecular weight excluding hydrogens is 262 g/mol. The van der Waals surface area contributed by atoms with Gasteiger partial charge in [-0.3, -0.25) is 0 Å². The molecule has 0 spiro atoms. The molecule has 0 saturated heterocycles. The second kappa shape index (κ2) is 4.82. The molecule has 2 aromatic carbocycles. The van der Waals surface area contributed by atoms with Gasteiger partial charge in [-0.1, -0.05) is 41.6 Å². The smallest absolute Gasteiger partial charge is 0.257 e. The number of rotatable bonds is 3. The number of nitrogens with two attached hydrogens (primary N) is 1. The Hall–Kier alpha value is -2.46. The van der Waals surface area contributed by atoms with Crippen LogP contribution in [0.2, 0.25) is 0 Å². The van der Waals surface area contributed by atoms with Crippen LogP contribution in [0.15, 0.2) is 53.1 Å². The molecule has 1 heterocycles. The van der Waals surface area contributed by atoms with Crippen LogP contribution in [0.25, 0.3) is 11.5 Å². The average molecular weight is 277 g/mol. The maximum Gasteiger partial charge on any atom is 0.257 e. The Morgan fingerprint density at radius 1 is 1.10 bits per heavy atom. The third kappa shape index (κ3) is 2.04. The van der Waals surface area contributed by atoms with Crippen LogP contribution in [0.4, 0.5) is 0 Å². The van der Waals surface area contributed by atoms with Gasteiger partial charge in [-0.05, 0) is 35.2 Å². The van der Waals surface area contributed by atoms with Gasteiger partial charge in [0.05, 0.1) is 5.92 Å². The van der Waals surface area contributed by atoms with E-state index >= 15 is 0 Å². The van der Waals surface area contributed by atoms with Crippen molar-refractivity contribution in [2.24, 2.45) is 5.73 Å².